The molecule has 1 atom stereocenters. The first kappa shape index (κ1) is 22.5. The molecule has 11 nitrogen and oxygen atoms in total. The second kappa shape index (κ2) is 9.02. The number of piperidine rings is 1. The molecule has 33 heavy (non-hydrogen) atoms. The van der Waals surface area contributed by atoms with Crippen molar-refractivity contribution in [2.45, 2.75) is 23.9 Å². The van der Waals surface area contributed by atoms with E-state index < -0.39 is 22.2 Å². The van der Waals surface area contributed by atoms with Crippen LogP contribution in [0, 0.1) is 0 Å². The number of sulfonamides is 1. The quantitative estimate of drug-likeness (QED) is 0.525. The number of methoxy groups -OCH3 is 1. The molecule has 1 aliphatic heterocycles. The monoisotopic (exact) mass is 476 g/mol. The van der Waals surface area contributed by atoms with E-state index in [1.807, 2.05) is 0 Å². The van der Waals surface area contributed by atoms with Gasteiger partial charge in [-0.3, -0.25) is 4.72 Å². The van der Waals surface area contributed by atoms with Gasteiger partial charge >= 0.3 is 5.97 Å². The van der Waals surface area contributed by atoms with Crippen molar-refractivity contribution in [2.75, 3.05) is 29.8 Å². The number of aromatic carboxylic acids is 1. The third kappa shape index (κ3) is 4.72. The Balaban J connectivity index is 1.79. The van der Waals surface area contributed by atoms with Crippen LogP contribution >= 0.6 is 0 Å². The lowest BCUT2D eigenvalue weighted by atomic mass is 10.1. The summed E-state index contributed by atoms with van der Waals surface area (Å²) in [5.41, 5.74) is 0.905. The molecule has 2 heterocycles. The third-order valence-corrected chi connectivity index (χ3v) is 6.63. The number of carboxylic acid groups (broad SMARTS) is 1. The zero-order valence-corrected chi connectivity index (χ0v) is 18.4. The van der Waals surface area contributed by atoms with Crippen LogP contribution in [0.1, 0.15) is 23.2 Å². The topological polar surface area (TPSA) is 140 Å². The second-order valence-electron chi connectivity index (χ2n) is 7.42. The van der Waals surface area contributed by atoms with Gasteiger partial charge in [-0.15, -0.1) is 5.10 Å². The highest BCUT2D eigenvalue weighted by Gasteiger charge is 2.26. The minimum absolute atomic E-state index is 0.0209. The zero-order chi connectivity index (χ0) is 23.6. The zero-order valence-electron chi connectivity index (χ0n) is 17.5. The normalized spacial score (nSPS) is 16.4. The Labute approximate surface area is 188 Å². The van der Waals surface area contributed by atoms with Crippen LogP contribution in [0.2, 0.25) is 0 Å². The predicted molar refractivity (Wildman–Crippen MR) is 116 cm³/mol. The van der Waals surface area contributed by atoms with Gasteiger partial charge in [0.2, 0.25) is 0 Å². The molecule has 0 radical (unpaired) electrons. The van der Waals surface area contributed by atoms with Crippen LogP contribution in [0.4, 0.5) is 15.8 Å². The highest BCUT2D eigenvalue weighted by Crippen LogP contribution is 2.34. The van der Waals surface area contributed by atoms with E-state index in [0.29, 0.717) is 30.8 Å². The van der Waals surface area contributed by atoms with E-state index in [4.69, 9.17) is 4.74 Å². The summed E-state index contributed by atoms with van der Waals surface area (Å²) < 4.78 is 49.8. The Kier molecular flexibility index (Phi) is 6.14. The number of benzene rings is 2. The fraction of sp³-hybridized carbons (Fsp3) is 0.300. The summed E-state index contributed by atoms with van der Waals surface area (Å²) in [6, 6.07) is 8.42. The number of tetrazole rings is 1. The number of halogens is 1. The van der Waals surface area contributed by atoms with Gasteiger partial charge in [0, 0.05) is 13.1 Å². The molecule has 2 aromatic carbocycles. The minimum atomic E-state index is -4.29. The van der Waals surface area contributed by atoms with Crippen molar-refractivity contribution < 1.29 is 27.4 Å². The average Bonchev–Trinajstić information content (AvgIpc) is 3.33. The van der Waals surface area contributed by atoms with Crippen molar-refractivity contribution in [3.8, 4) is 11.4 Å². The van der Waals surface area contributed by atoms with Crippen LogP contribution < -0.4 is 14.4 Å². The molecular formula is C20H21FN6O5S. The third-order valence-electron chi connectivity index (χ3n) is 5.24. The molecule has 0 aliphatic carbocycles. The van der Waals surface area contributed by atoms with E-state index in [-0.39, 0.29) is 28.4 Å². The van der Waals surface area contributed by atoms with Crippen LogP contribution in [-0.2, 0) is 10.0 Å². The van der Waals surface area contributed by atoms with Crippen molar-refractivity contribution in [1.29, 1.82) is 0 Å². The molecule has 1 saturated heterocycles. The fourth-order valence-corrected chi connectivity index (χ4v) is 4.93. The standard InChI is InChI=1S/C20H21FN6O5S/c1-32-18-7-4-13(20(28)29)9-19(18)33(30,31)23-16-10-15(27-12-22-24-25-27)5-6-17(16)26-8-2-3-14(21)11-26/h4-7,9-10,12,14,23H,2-3,8,11H2,1H3,(H,28,29). The summed E-state index contributed by atoms with van der Waals surface area (Å²) in [7, 11) is -3.01. The van der Waals surface area contributed by atoms with Gasteiger partial charge in [-0.25, -0.2) is 22.3 Å². The van der Waals surface area contributed by atoms with Crippen molar-refractivity contribution in [2.24, 2.45) is 0 Å². The summed E-state index contributed by atoms with van der Waals surface area (Å²) in [5, 5.41) is 20.3. The van der Waals surface area contributed by atoms with E-state index >= 15 is 0 Å². The molecule has 1 aromatic heterocycles. The number of ether oxygens (including phenoxy) is 1. The molecular weight excluding hydrogens is 455 g/mol. The molecule has 0 amide bonds. The van der Waals surface area contributed by atoms with E-state index in [9.17, 15) is 22.7 Å². The van der Waals surface area contributed by atoms with Crippen LogP contribution in [0.3, 0.4) is 0 Å². The molecule has 4 rings (SSSR count). The molecule has 1 aliphatic rings. The van der Waals surface area contributed by atoms with Crippen molar-refractivity contribution in [3.63, 3.8) is 0 Å². The molecule has 3 aromatic rings. The van der Waals surface area contributed by atoms with Crippen LogP contribution in [0.15, 0.2) is 47.6 Å². The lowest BCUT2D eigenvalue weighted by Gasteiger charge is -2.32. The van der Waals surface area contributed by atoms with E-state index in [1.165, 1.54) is 36.3 Å². The highest BCUT2D eigenvalue weighted by molar-refractivity contribution is 7.92. The molecule has 174 valence electrons. The maximum absolute atomic E-state index is 14.1. The molecule has 0 spiro atoms. The maximum atomic E-state index is 14.1. The summed E-state index contributed by atoms with van der Waals surface area (Å²) in [6.07, 6.45) is 1.39. The highest BCUT2D eigenvalue weighted by atomic mass is 32.2. The van der Waals surface area contributed by atoms with Gasteiger partial charge in [0.1, 0.15) is 23.1 Å². The maximum Gasteiger partial charge on any atom is 0.335 e. The fourth-order valence-electron chi connectivity index (χ4n) is 3.67. The Hall–Kier alpha value is -3.74. The number of hydrogen-bond acceptors (Lipinski definition) is 8. The number of alkyl halides is 1. The number of aromatic nitrogens is 4. The summed E-state index contributed by atoms with van der Waals surface area (Å²) >= 11 is 0. The van der Waals surface area contributed by atoms with Gasteiger partial charge in [0.25, 0.3) is 10.0 Å². The van der Waals surface area contributed by atoms with Crippen molar-refractivity contribution in [1.82, 2.24) is 20.2 Å². The van der Waals surface area contributed by atoms with Crippen LogP contribution in [0.5, 0.6) is 5.75 Å². The number of rotatable bonds is 7. The molecule has 2 N–H and O–H groups in total. The van der Waals surface area contributed by atoms with Gasteiger partial charge in [-0.2, -0.15) is 0 Å². The Bertz CT molecular complexity index is 1270. The largest absolute Gasteiger partial charge is 0.495 e. The Morgan fingerprint density at radius 3 is 2.76 bits per heavy atom. The summed E-state index contributed by atoms with van der Waals surface area (Å²) in [6.45, 7) is 0.675. The molecule has 13 heteroatoms. The molecule has 0 bridgehead atoms. The van der Waals surface area contributed by atoms with Crippen molar-refractivity contribution in [3.05, 3.63) is 48.3 Å². The van der Waals surface area contributed by atoms with Crippen LogP contribution in [-0.4, -0.2) is 66.1 Å². The van der Waals surface area contributed by atoms with Gasteiger partial charge < -0.3 is 14.7 Å². The number of hydrogen-bond donors (Lipinski definition) is 2. The lowest BCUT2D eigenvalue weighted by Crippen LogP contribution is -2.37. The second-order valence-corrected chi connectivity index (χ2v) is 9.07. The Morgan fingerprint density at radius 1 is 1.27 bits per heavy atom. The first-order valence-corrected chi connectivity index (χ1v) is 11.5. The lowest BCUT2D eigenvalue weighted by molar-refractivity contribution is 0.0696. The smallest absolute Gasteiger partial charge is 0.335 e. The number of carbonyl (C=O) groups is 1. The first-order chi connectivity index (χ1) is 15.8. The van der Waals surface area contributed by atoms with E-state index in [2.05, 4.69) is 20.2 Å². The molecule has 0 saturated carbocycles. The number of nitrogens with zero attached hydrogens (tertiary/aromatic N) is 5. The number of anilines is 2. The molecule has 1 fully saturated rings. The van der Waals surface area contributed by atoms with E-state index in [1.54, 1.807) is 17.0 Å². The van der Waals surface area contributed by atoms with Gasteiger partial charge in [0.05, 0.1) is 29.7 Å². The predicted octanol–water partition coefficient (Wildman–Crippen LogP) is 2.11. The number of carboxylic acids is 1. The van der Waals surface area contributed by atoms with Gasteiger partial charge in [-0.1, -0.05) is 0 Å². The number of nitrogens with one attached hydrogen (secondary N) is 1. The van der Waals surface area contributed by atoms with Gasteiger partial charge in [-0.05, 0) is 59.7 Å². The minimum Gasteiger partial charge on any atom is -0.495 e. The van der Waals surface area contributed by atoms with Gasteiger partial charge in [0.15, 0.2) is 0 Å². The van der Waals surface area contributed by atoms with E-state index in [0.717, 1.165) is 6.07 Å². The Morgan fingerprint density at radius 2 is 2.09 bits per heavy atom. The first-order valence-electron chi connectivity index (χ1n) is 9.99. The summed E-state index contributed by atoms with van der Waals surface area (Å²) in [4.78, 5) is 12.8. The van der Waals surface area contributed by atoms with Crippen LogP contribution in [0.25, 0.3) is 5.69 Å². The summed E-state index contributed by atoms with van der Waals surface area (Å²) in [5.74, 6) is -1.30. The SMILES string of the molecule is COc1ccc(C(=O)O)cc1S(=O)(=O)Nc1cc(-n2cnnn2)ccc1N1CCCC(F)C1. The average molecular weight is 476 g/mol. The molecule has 1 unspecified atom stereocenters. The van der Waals surface area contributed by atoms with Crippen molar-refractivity contribution >= 4 is 27.4 Å².